The van der Waals surface area contributed by atoms with Gasteiger partial charge in [-0.3, -0.25) is 14.2 Å². The van der Waals surface area contributed by atoms with Crippen LogP contribution in [0.2, 0.25) is 0 Å². The average Bonchev–Trinajstić information content (AvgIpc) is 3.06. The molecular formula is C22H19N3O3S. The number of H-pyrrole nitrogens is 1. The van der Waals surface area contributed by atoms with Crippen molar-refractivity contribution >= 4 is 39.5 Å². The molecule has 2 aromatic heterocycles. The van der Waals surface area contributed by atoms with Crippen LogP contribution in [0.15, 0.2) is 69.1 Å². The van der Waals surface area contributed by atoms with Crippen LogP contribution in [0.1, 0.15) is 19.4 Å². The fourth-order valence-electron chi connectivity index (χ4n) is 3.33. The Hall–Kier alpha value is -3.32. The van der Waals surface area contributed by atoms with Crippen molar-refractivity contribution in [3.63, 3.8) is 0 Å². The third-order valence-electron chi connectivity index (χ3n) is 4.69. The second-order valence-electron chi connectivity index (χ2n) is 6.79. The van der Waals surface area contributed by atoms with E-state index < -0.39 is 0 Å². The number of Topliss-reactive ketones (excluding diaryl/α,β-unsaturated/α-hetero) is 1. The van der Waals surface area contributed by atoms with Crippen molar-refractivity contribution in [2.24, 2.45) is 0 Å². The Morgan fingerprint density at radius 3 is 2.48 bits per heavy atom. The van der Waals surface area contributed by atoms with Gasteiger partial charge in [0.05, 0.1) is 10.6 Å². The predicted molar refractivity (Wildman–Crippen MR) is 116 cm³/mol. The average molecular weight is 405 g/mol. The van der Waals surface area contributed by atoms with E-state index in [9.17, 15) is 14.7 Å². The molecule has 0 bridgehead atoms. The maximum Gasteiger partial charge on any atom is 0.283 e. The number of aliphatic hydroxyl groups excluding tert-OH is 1. The second-order valence-corrected chi connectivity index (χ2v) is 7.77. The first-order valence-corrected chi connectivity index (χ1v) is 9.88. The molecule has 2 aromatic carbocycles. The highest BCUT2D eigenvalue weighted by Gasteiger charge is 2.21. The van der Waals surface area contributed by atoms with Gasteiger partial charge in [-0.05, 0) is 50.2 Å². The molecule has 2 heterocycles. The predicted octanol–water partition coefficient (Wildman–Crippen LogP) is 4.65. The number of rotatable bonds is 4. The molecule has 7 heteroatoms. The Kier molecular flexibility index (Phi) is 4.76. The minimum absolute atomic E-state index is 0.105. The van der Waals surface area contributed by atoms with Gasteiger partial charge in [0, 0.05) is 10.9 Å². The van der Waals surface area contributed by atoms with Gasteiger partial charge < -0.3 is 10.1 Å². The van der Waals surface area contributed by atoms with Gasteiger partial charge in [-0.15, -0.1) is 0 Å². The van der Waals surface area contributed by atoms with Crippen LogP contribution in [-0.4, -0.2) is 25.4 Å². The monoisotopic (exact) mass is 405 g/mol. The molecule has 146 valence electrons. The number of nitrogens with one attached hydrogen (secondary N) is 1. The summed E-state index contributed by atoms with van der Waals surface area (Å²) < 4.78 is 1.49. The minimum atomic E-state index is -0.292. The van der Waals surface area contributed by atoms with Gasteiger partial charge in [0.1, 0.15) is 16.8 Å². The van der Waals surface area contributed by atoms with Gasteiger partial charge in [0.15, 0.2) is 10.9 Å². The summed E-state index contributed by atoms with van der Waals surface area (Å²) in [4.78, 5) is 33.6. The molecule has 4 aromatic rings. The SMILES string of the molecule is CC(=O)/C(Sc1nc2c([nH]c3ccccc32)c(=O)n1-c1ccccc1C)=C(\C)O. The molecule has 0 fully saturated rings. The van der Waals surface area contributed by atoms with Crippen molar-refractivity contribution < 1.29 is 9.90 Å². The molecule has 4 rings (SSSR count). The van der Waals surface area contributed by atoms with Gasteiger partial charge in [0.25, 0.3) is 5.56 Å². The van der Waals surface area contributed by atoms with Crippen molar-refractivity contribution in [1.82, 2.24) is 14.5 Å². The van der Waals surface area contributed by atoms with Crippen LogP contribution in [0.25, 0.3) is 27.6 Å². The summed E-state index contributed by atoms with van der Waals surface area (Å²) in [5, 5.41) is 11.1. The number of fused-ring (bicyclic) bond motifs is 3. The summed E-state index contributed by atoms with van der Waals surface area (Å²) in [7, 11) is 0. The fourth-order valence-corrected chi connectivity index (χ4v) is 4.21. The summed E-state index contributed by atoms with van der Waals surface area (Å²) in [5.74, 6) is -0.397. The first kappa shape index (κ1) is 19.0. The molecule has 0 unspecified atom stereocenters. The normalized spacial score (nSPS) is 12.4. The largest absolute Gasteiger partial charge is 0.511 e. The quantitative estimate of drug-likeness (QED) is 0.223. The number of para-hydroxylation sites is 2. The summed E-state index contributed by atoms with van der Waals surface area (Å²) >= 11 is 0.994. The summed E-state index contributed by atoms with van der Waals surface area (Å²) in [5.41, 5.74) is 3.05. The molecule has 0 aliphatic carbocycles. The third-order valence-corrected chi connectivity index (χ3v) is 5.94. The molecule has 29 heavy (non-hydrogen) atoms. The maximum atomic E-state index is 13.5. The van der Waals surface area contributed by atoms with Crippen LogP contribution < -0.4 is 5.56 Å². The van der Waals surface area contributed by atoms with Crippen molar-refractivity contribution in [2.45, 2.75) is 25.9 Å². The number of allylic oxidation sites excluding steroid dienone is 2. The van der Waals surface area contributed by atoms with E-state index in [2.05, 4.69) is 4.98 Å². The number of aryl methyl sites for hydroxylation is 1. The highest BCUT2D eigenvalue weighted by atomic mass is 32.2. The fraction of sp³-hybridized carbons (Fsp3) is 0.136. The number of ketones is 1. The van der Waals surface area contributed by atoms with Crippen LogP contribution in [0.4, 0.5) is 0 Å². The second kappa shape index (κ2) is 7.25. The smallest absolute Gasteiger partial charge is 0.283 e. The molecule has 0 saturated carbocycles. The van der Waals surface area contributed by atoms with Crippen molar-refractivity contribution in [2.75, 3.05) is 0 Å². The zero-order chi connectivity index (χ0) is 20.7. The molecule has 0 amide bonds. The lowest BCUT2D eigenvalue weighted by atomic mass is 10.2. The number of hydrogen-bond donors (Lipinski definition) is 2. The highest BCUT2D eigenvalue weighted by molar-refractivity contribution is 8.03. The Bertz CT molecular complexity index is 1360. The van der Waals surface area contributed by atoms with Crippen molar-refractivity contribution in [3.05, 3.63) is 75.1 Å². The van der Waals surface area contributed by atoms with E-state index in [1.807, 2.05) is 55.5 Å². The van der Waals surface area contributed by atoms with Crippen LogP contribution in [-0.2, 0) is 4.79 Å². The van der Waals surface area contributed by atoms with Gasteiger partial charge in [-0.2, -0.15) is 0 Å². The molecular weight excluding hydrogens is 386 g/mol. The molecule has 0 radical (unpaired) electrons. The van der Waals surface area contributed by atoms with E-state index in [0.29, 0.717) is 21.9 Å². The van der Waals surface area contributed by atoms with E-state index >= 15 is 0 Å². The topological polar surface area (TPSA) is 88.0 Å². The molecule has 0 aliphatic rings. The number of aliphatic hydroxyl groups is 1. The number of carbonyl (C=O) groups excluding carboxylic acids is 1. The molecule has 0 spiro atoms. The lowest BCUT2D eigenvalue weighted by molar-refractivity contribution is -0.113. The van der Waals surface area contributed by atoms with Crippen LogP contribution in [0, 0.1) is 6.92 Å². The Labute approximate surface area is 170 Å². The van der Waals surface area contributed by atoms with Crippen LogP contribution in [0.3, 0.4) is 0 Å². The number of carbonyl (C=O) groups is 1. The number of thioether (sulfide) groups is 1. The Balaban J connectivity index is 2.11. The summed E-state index contributed by atoms with van der Waals surface area (Å²) in [6, 6.07) is 15.0. The van der Waals surface area contributed by atoms with E-state index in [4.69, 9.17) is 4.98 Å². The van der Waals surface area contributed by atoms with Gasteiger partial charge in [-0.1, -0.05) is 36.4 Å². The molecule has 0 saturated heterocycles. The Morgan fingerprint density at radius 1 is 1.10 bits per heavy atom. The third kappa shape index (κ3) is 3.23. The standard InChI is InChI=1S/C22H19N3O3S/c1-12-8-4-7-11-17(12)25-21(28)19-18(15-9-5-6-10-16(15)23-19)24-22(25)29-20(13(2)26)14(3)27/h4-11,23,26H,1-3H3/b20-13-. The van der Waals surface area contributed by atoms with E-state index in [1.54, 1.807) is 0 Å². The van der Waals surface area contributed by atoms with Crippen LogP contribution >= 0.6 is 11.8 Å². The van der Waals surface area contributed by atoms with E-state index in [0.717, 1.165) is 28.2 Å². The minimum Gasteiger partial charge on any atom is -0.511 e. The summed E-state index contributed by atoms with van der Waals surface area (Å²) in [6.45, 7) is 4.73. The van der Waals surface area contributed by atoms with E-state index in [1.165, 1.54) is 18.4 Å². The number of aromatic nitrogens is 3. The van der Waals surface area contributed by atoms with Crippen LogP contribution in [0.5, 0.6) is 0 Å². The lowest BCUT2D eigenvalue weighted by Crippen LogP contribution is -2.22. The zero-order valence-electron chi connectivity index (χ0n) is 16.2. The molecule has 0 aliphatic heterocycles. The molecule has 6 nitrogen and oxygen atoms in total. The molecule has 0 atom stereocenters. The lowest BCUT2D eigenvalue weighted by Gasteiger charge is -2.15. The molecule has 2 N–H and O–H groups in total. The summed E-state index contributed by atoms with van der Waals surface area (Å²) in [6.07, 6.45) is 0. The highest BCUT2D eigenvalue weighted by Crippen LogP contribution is 2.32. The van der Waals surface area contributed by atoms with Crippen molar-refractivity contribution in [3.8, 4) is 5.69 Å². The first-order chi connectivity index (χ1) is 13.9. The Morgan fingerprint density at radius 2 is 1.79 bits per heavy atom. The van der Waals surface area contributed by atoms with Gasteiger partial charge >= 0.3 is 0 Å². The van der Waals surface area contributed by atoms with Gasteiger partial charge in [0.2, 0.25) is 0 Å². The number of benzene rings is 2. The number of nitrogens with zero attached hydrogens (tertiary/aromatic N) is 2. The maximum absolute atomic E-state index is 13.5. The number of hydrogen-bond acceptors (Lipinski definition) is 5. The zero-order valence-corrected chi connectivity index (χ0v) is 17.0. The first-order valence-electron chi connectivity index (χ1n) is 9.06. The number of aromatic amines is 1. The van der Waals surface area contributed by atoms with Gasteiger partial charge in [-0.25, -0.2) is 4.98 Å². The van der Waals surface area contributed by atoms with Crippen molar-refractivity contribution in [1.29, 1.82) is 0 Å². The van der Waals surface area contributed by atoms with E-state index in [-0.39, 0.29) is 22.0 Å².